The van der Waals surface area contributed by atoms with Crippen molar-refractivity contribution in [1.29, 1.82) is 0 Å². The minimum Gasteiger partial charge on any atom is -0.481 e. The standard InChI is InChI=1S/C14H11BrFNO2/c15-11-5-2-1-4-9(11)8-10(14(18)19)13-12(16)6-3-7-17-13/h1-7,10H,8H2,(H,18,19). The molecule has 1 N–H and O–H groups in total. The molecular formula is C14H11BrFNO2. The van der Waals surface area contributed by atoms with Crippen LogP contribution in [0, 0.1) is 5.82 Å². The summed E-state index contributed by atoms with van der Waals surface area (Å²) in [5.74, 6) is -2.68. The Hall–Kier alpha value is -1.75. The summed E-state index contributed by atoms with van der Waals surface area (Å²) in [7, 11) is 0. The summed E-state index contributed by atoms with van der Waals surface area (Å²) in [6.45, 7) is 0. The lowest BCUT2D eigenvalue weighted by molar-refractivity contribution is -0.138. The number of carboxylic acids is 1. The van der Waals surface area contributed by atoms with Crippen molar-refractivity contribution in [1.82, 2.24) is 4.98 Å². The van der Waals surface area contributed by atoms with Crippen LogP contribution in [0.25, 0.3) is 0 Å². The van der Waals surface area contributed by atoms with E-state index in [1.807, 2.05) is 18.2 Å². The van der Waals surface area contributed by atoms with Crippen molar-refractivity contribution in [2.45, 2.75) is 12.3 Å². The molecule has 0 aliphatic carbocycles. The first-order chi connectivity index (χ1) is 9.09. The highest BCUT2D eigenvalue weighted by molar-refractivity contribution is 9.10. The fraction of sp³-hybridized carbons (Fsp3) is 0.143. The molecule has 0 amide bonds. The summed E-state index contributed by atoms with van der Waals surface area (Å²) in [4.78, 5) is 15.2. The van der Waals surface area contributed by atoms with Gasteiger partial charge in [0.25, 0.3) is 0 Å². The molecule has 2 aromatic rings. The molecule has 0 radical (unpaired) electrons. The Morgan fingerprint density at radius 3 is 2.68 bits per heavy atom. The van der Waals surface area contributed by atoms with Gasteiger partial charge in [0.2, 0.25) is 0 Å². The average molecular weight is 324 g/mol. The van der Waals surface area contributed by atoms with Gasteiger partial charge in [-0.1, -0.05) is 34.1 Å². The number of hydrogen-bond donors (Lipinski definition) is 1. The zero-order chi connectivity index (χ0) is 13.8. The normalized spacial score (nSPS) is 12.1. The molecule has 1 heterocycles. The van der Waals surface area contributed by atoms with Gasteiger partial charge in [-0.3, -0.25) is 9.78 Å². The van der Waals surface area contributed by atoms with Gasteiger partial charge in [-0.25, -0.2) is 4.39 Å². The zero-order valence-electron chi connectivity index (χ0n) is 9.88. The van der Waals surface area contributed by atoms with Crippen molar-refractivity contribution in [3.05, 3.63) is 64.1 Å². The van der Waals surface area contributed by atoms with Crippen molar-refractivity contribution in [3.63, 3.8) is 0 Å². The van der Waals surface area contributed by atoms with Crippen LogP contribution < -0.4 is 0 Å². The highest BCUT2D eigenvalue weighted by Crippen LogP contribution is 2.26. The lowest BCUT2D eigenvalue weighted by Gasteiger charge is -2.13. The maximum Gasteiger partial charge on any atom is 0.313 e. The van der Waals surface area contributed by atoms with E-state index in [4.69, 9.17) is 0 Å². The minimum absolute atomic E-state index is 0.0363. The van der Waals surface area contributed by atoms with Crippen molar-refractivity contribution >= 4 is 21.9 Å². The van der Waals surface area contributed by atoms with Gasteiger partial charge in [-0.15, -0.1) is 0 Å². The van der Waals surface area contributed by atoms with Crippen LogP contribution in [0.15, 0.2) is 47.1 Å². The van der Waals surface area contributed by atoms with Crippen LogP contribution >= 0.6 is 15.9 Å². The Morgan fingerprint density at radius 2 is 2.05 bits per heavy atom. The van der Waals surface area contributed by atoms with Gasteiger partial charge in [0.15, 0.2) is 0 Å². The molecule has 0 aliphatic heterocycles. The Morgan fingerprint density at radius 1 is 1.32 bits per heavy atom. The third kappa shape index (κ3) is 3.17. The summed E-state index contributed by atoms with van der Waals surface area (Å²) in [5, 5.41) is 9.28. The first-order valence-corrected chi connectivity index (χ1v) is 6.45. The second-order valence-electron chi connectivity index (χ2n) is 4.06. The van der Waals surface area contributed by atoms with Gasteiger partial charge >= 0.3 is 5.97 Å². The number of carbonyl (C=O) groups is 1. The third-order valence-electron chi connectivity index (χ3n) is 2.80. The molecular weight excluding hydrogens is 313 g/mol. The van der Waals surface area contributed by atoms with E-state index in [0.717, 1.165) is 10.0 Å². The molecule has 1 unspecified atom stereocenters. The molecule has 5 heteroatoms. The van der Waals surface area contributed by atoms with Crippen LogP contribution in [0.4, 0.5) is 4.39 Å². The fourth-order valence-electron chi connectivity index (χ4n) is 1.84. The first-order valence-electron chi connectivity index (χ1n) is 5.66. The Balaban J connectivity index is 2.35. The predicted octanol–water partition coefficient (Wildman–Crippen LogP) is 3.39. The lowest BCUT2D eigenvalue weighted by atomic mass is 9.95. The van der Waals surface area contributed by atoms with Crippen molar-refractivity contribution in [3.8, 4) is 0 Å². The number of aromatic nitrogens is 1. The number of benzene rings is 1. The van der Waals surface area contributed by atoms with Gasteiger partial charge in [0, 0.05) is 10.7 Å². The molecule has 0 saturated carbocycles. The van der Waals surface area contributed by atoms with Crippen LogP contribution in [0.1, 0.15) is 17.2 Å². The number of carboxylic acid groups (broad SMARTS) is 1. The summed E-state index contributed by atoms with van der Waals surface area (Å²) in [6, 6.07) is 9.94. The molecule has 0 aliphatic rings. The van der Waals surface area contributed by atoms with Crippen molar-refractivity contribution in [2.75, 3.05) is 0 Å². The van der Waals surface area contributed by atoms with E-state index in [1.54, 1.807) is 6.07 Å². The molecule has 1 atom stereocenters. The van der Waals surface area contributed by atoms with E-state index < -0.39 is 17.7 Å². The maximum atomic E-state index is 13.7. The summed E-state index contributed by atoms with van der Waals surface area (Å²) in [6.07, 6.45) is 1.58. The number of halogens is 2. The number of rotatable bonds is 4. The molecule has 19 heavy (non-hydrogen) atoms. The second-order valence-corrected chi connectivity index (χ2v) is 4.91. The number of hydrogen-bond acceptors (Lipinski definition) is 2. The molecule has 98 valence electrons. The number of pyridine rings is 1. The van der Waals surface area contributed by atoms with Gasteiger partial charge in [-0.2, -0.15) is 0 Å². The van der Waals surface area contributed by atoms with E-state index in [9.17, 15) is 14.3 Å². The quantitative estimate of drug-likeness (QED) is 0.938. The van der Waals surface area contributed by atoms with Crippen LogP contribution in [-0.2, 0) is 11.2 Å². The van der Waals surface area contributed by atoms with Gasteiger partial charge < -0.3 is 5.11 Å². The summed E-state index contributed by atoms with van der Waals surface area (Å²) in [5.41, 5.74) is 0.769. The van der Waals surface area contributed by atoms with E-state index >= 15 is 0 Å². The van der Waals surface area contributed by atoms with E-state index in [1.165, 1.54) is 18.3 Å². The molecule has 0 saturated heterocycles. The zero-order valence-corrected chi connectivity index (χ0v) is 11.5. The smallest absolute Gasteiger partial charge is 0.313 e. The molecule has 0 bridgehead atoms. The lowest BCUT2D eigenvalue weighted by Crippen LogP contribution is -2.17. The Bertz CT molecular complexity index is 604. The summed E-state index contributed by atoms with van der Waals surface area (Å²) >= 11 is 3.36. The molecule has 0 fully saturated rings. The topological polar surface area (TPSA) is 50.2 Å². The molecule has 1 aromatic carbocycles. The largest absolute Gasteiger partial charge is 0.481 e. The highest BCUT2D eigenvalue weighted by atomic mass is 79.9. The van der Waals surface area contributed by atoms with Crippen LogP contribution in [0.3, 0.4) is 0 Å². The van der Waals surface area contributed by atoms with Crippen LogP contribution in [-0.4, -0.2) is 16.1 Å². The molecule has 3 nitrogen and oxygen atoms in total. The maximum absolute atomic E-state index is 13.7. The average Bonchev–Trinajstić information content (AvgIpc) is 2.38. The fourth-order valence-corrected chi connectivity index (χ4v) is 2.29. The summed E-state index contributed by atoms with van der Waals surface area (Å²) < 4.78 is 14.5. The van der Waals surface area contributed by atoms with E-state index in [2.05, 4.69) is 20.9 Å². The van der Waals surface area contributed by atoms with Gasteiger partial charge in [-0.05, 0) is 30.2 Å². The second kappa shape index (κ2) is 5.93. The number of nitrogens with zero attached hydrogens (tertiary/aromatic N) is 1. The van der Waals surface area contributed by atoms with Gasteiger partial charge in [0.05, 0.1) is 5.69 Å². The Kier molecular flexibility index (Phi) is 4.27. The first kappa shape index (κ1) is 13.7. The van der Waals surface area contributed by atoms with Crippen molar-refractivity contribution < 1.29 is 14.3 Å². The molecule has 1 aromatic heterocycles. The van der Waals surface area contributed by atoms with Crippen molar-refractivity contribution in [2.24, 2.45) is 0 Å². The van der Waals surface area contributed by atoms with E-state index in [-0.39, 0.29) is 12.1 Å². The predicted molar refractivity (Wildman–Crippen MR) is 72.4 cm³/mol. The minimum atomic E-state index is -1.09. The monoisotopic (exact) mass is 323 g/mol. The Labute approximate surface area is 118 Å². The molecule has 0 spiro atoms. The molecule has 2 rings (SSSR count). The van der Waals surface area contributed by atoms with Crippen LogP contribution in [0.2, 0.25) is 0 Å². The van der Waals surface area contributed by atoms with Crippen LogP contribution in [0.5, 0.6) is 0 Å². The van der Waals surface area contributed by atoms with E-state index in [0.29, 0.717) is 0 Å². The third-order valence-corrected chi connectivity index (χ3v) is 3.57. The SMILES string of the molecule is O=C(O)C(Cc1ccccc1Br)c1ncccc1F. The van der Waals surface area contributed by atoms with Gasteiger partial charge in [0.1, 0.15) is 11.7 Å². The highest BCUT2D eigenvalue weighted by Gasteiger charge is 2.25. The number of aliphatic carboxylic acids is 1.